The number of carbonyl (C=O) groups is 1. The van der Waals surface area contributed by atoms with Crippen molar-refractivity contribution in [1.29, 1.82) is 0 Å². The van der Waals surface area contributed by atoms with E-state index in [-0.39, 0.29) is 23.5 Å². The Morgan fingerprint density at radius 2 is 1.94 bits per heavy atom. The van der Waals surface area contributed by atoms with Crippen LogP contribution in [-0.2, 0) is 18.0 Å². The Balaban J connectivity index is 1.43. The molecule has 1 aliphatic carbocycles. The fraction of sp³-hybridized carbons (Fsp3) is 0.364. The largest absolute Gasteiger partial charge is 0.457 e. The number of ether oxygens (including phenoxy) is 1. The summed E-state index contributed by atoms with van der Waals surface area (Å²) in [5.41, 5.74) is 0.149. The summed E-state index contributed by atoms with van der Waals surface area (Å²) in [6.07, 6.45) is -2.86. The summed E-state index contributed by atoms with van der Waals surface area (Å²) in [6.45, 7) is 0.674. The monoisotopic (exact) mass is 449 g/mol. The van der Waals surface area contributed by atoms with Crippen LogP contribution in [-0.4, -0.2) is 44.9 Å². The van der Waals surface area contributed by atoms with Crippen LogP contribution >= 0.6 is 0 Å². The highest BCUT2D eigenvalue weighted by molar-refractivity contribution is 5.88. The number of aliphatic hydroxyl groups is 1. The van der Waals surface area contributed by atoms with Crippen LogP contribution in [0.5, 0.6) is 11.5 Å². The van der Waals surface area contributed by atoms with Crippen molar-refractivity contribution in [1.82, 2.24) is 14.7 Å². The molecule has 1 N–H and O–H groups in total. The van der Waals surface area contributed by atoms with Gasteiger partial charge in [0.05, 0.1) is 17.2 Å². The van der Waals surface area contributed by atoms with Crippen molar-refractivity contribution in [3.63, 3.8) is 0 Å². The van der Waals surface area contributed by atoms with E-state index in [1.54, 1.807) is 35.0 Å². The zero-order valence-electron chi connectivity index (χ0n) is 16.9. The second-order valence-corrected chi connectivity index (χ2v) is 8.34. The zero-order valence-corrected chi connectivity index (χ0v) is 16.9. The molecule has 2 heterocycles. The van der Waals surface area contributed by atoms with Crippen molar-refractivity contribution in [2.24, 2.45) is 13.0 Å². The summed E-state index contributed by atoms with van der Waals surface area (Å²) in [7, 11) is 1.76. The molecule has 0 spiro atoms. The Labute approximate surface area is 180 Å². The van der Waals surface area contributed by atoms with Gasteiger partial charge in [-0.1, -0.05) is 0 Å². The number of hydrogen-bond acceptors (Lipinski definition) is 4. The Morgan fingerprint density at radius 3 is 2.59 bits per heavy atom. The van der Waals surface area contributed by atoms with Gasteiger partial charge in [-0.3, -0.25) is 9.48 Å². The number of carbonyl (C=O) groups excluding carboxylic acids is 1. The van der Waals surface area contributed by atoms with Crippen LogP contribution in [0, 0.1) is 11.7 Å². The number of aryl methyl sites for hydroxylation is 1. The lowest BCUT2D eigenvalue weighted by Crippen LogP contribution is -2.54. The van der Waals surface area contributed by atoms with E-state index in [4.69, 9.17) is 4.74 Å². The minimum absolute atomic E-state index is 0.0134. The first kappa shape index (κ1) is 20.7. The normalized spacial score (nSPS) is 21.0. The Kier molecular flexibility index (Phi) is 4.66. The van der Waals surface area contributed by atoms with Crippen molar-refractivity contribution in [2.45, 2.75) is 24.6 Å². The third-order valence-electron chi connectivity index (χ3n) is 5.89. The van der Waals surface area contributed by atoms with Gasteiger partial charge in [0.1, 0.15) is 17.3 Å². The highest BCUT2D eigenvalue weighted by atomic mass is 19.4. The first-order valence-electron chi connectivity index (χ1n) is 10.1. The number of aromatic nitrogens is 2. The van der Waals surface area contributed by atoms with Crippen molar-refractivity contribution >= 4 is 16.8 Å². The number of halogens is 4. The van der Waals surface area contributed by atoms with E-state index < -0.39 is 23.7 Å². The molecule has 1 saturated carbocycles. The molecule has 3 aromatic rings. The molecule has 10 heteroatoms. The van der Waals surface area contributed by atoms with Crippen LogP contribution < -0.4 is 4.74 Å². The number of hydrogen-bond donors (Lipinski definition) is 1. The first-order valence-corrected chi connectivity index (χ1v) is 10.1. The van der Waals surface area contributed by atoms with E-state index in [0.717, 1.165) is 17.0 Å². The lowest BCUT2D eigenvalue weighted by molar-refractivity contribution is -0.142. The molecular formula is C22H19F4N3O3. The summed E-state index contributed by atoms with van der Waals surface area (Å²) in [6, 6.07) is 5.79. The lowest BCUT2D eigenvalue weighted by atomic mass is 10.0. The molecule has 0 bridgehead atoms. The molecule has 32 heavy (non-hydrogen) atoms. The standard InChI is InChI=1S/C22H19F4N3O3/c1-28-8-11-4-14(32-13-2-3-18(19(23)6-13)22(24,25)26)5-16(20(11)27-28)15-7-17(15)21(31)29-9-12(30)10-29/h2-6,8,12,15,17,30H,7,9-10H2,1H3/t15-,17+/m0/s1. The van der Waals surface area contributed by atoms with Gasteiger partial charge in [0, 0.05) is 43.7 Å². The number of nitrogens with zero attached hydrogens (tertiary/aromatic N) is 3. The molecule has 1 saturated heterocycles. The van der Waals surface area contributed by atoms with Crippen LogP contribution in [0.2, 0.25) is 0 Å². The SMILES string of the molecule is Cn1cc2cc(Oc3ccc(C(F)(F)F)c(F)c3)cc([C@@H]3C[C@H]3C(=O)N3CC(O)C3)c2n1. The van der Waals surface area contributed by atoms with Gasteiger partial charge in [-0.15, -0.1) is 0 Å². The maximum atomic E-state index is 13.9. The number of fused-ring (bicyclic) bond motifs is 1. The van der Waals surface area contributed by atoms with Gasteiger partial charge in [0.15, 0.2) is 0 Å². The number of likely N-dealkylation sites (tertiary alicyclic amines) is 1. The molecule has 1 amide bonds. The highest BCUT2D eigenvalue weighted by Crippen LogP contribution is 2.51. The third kappa shape index (κ3) is 3.68. The number of alkyl halides is 3. The van der Waals surface area contributed by atoms with Gasteiger partial charge >= 0.3 is 6.18 Å². The van der Waals surface area contributed by atoms with Gasteiger partial charge in [-0.25, -0.2) is 4.39 Å². The van der Waals surface area contributed by atoms with Crippen LogP contribution in [0.3, 0.4) is 0 Å². The number of amides is 1. The maximum absolute atomic E-state index is 13.9. The zero-order chi connectivity index (χ0) is 22.8. The third-order valence-corrected chi connectivity index (χ3v) is 5.89. The summed E-state index contributed by atoms with van der Waals surface area (Å²) in [4.78, 5) is 14.2. The molecule has 0 radical (unpaired) electrons. The van der Waals surface area contributed by atoms with Gasteiger partial charge < -0.3 is 14.7 Å². The second-order valence-electron chi connectivity index (χ2n) is 8.34. The molecule has 2 fully saturated rings. The van der Waals surface area contributed by atoms with E-state index in [2.05, 4.69) is 5.10 Å². The molecule has 2 aliphatic rings. The van der Waals surface area contributed by atoms with Gasteiger partial charge in [-0.2, -0.15) is 18.3 Å². The van der Waals surface area contributed by atoms with E-state index in [1.807, 2.05) is 0 Å². The van der Waals surface area contributed by atoms with Crippen LogP contribution in [0.15, 0.2) is 36.5 Å². The number of rotatable bonds is 4. The molecule has 168 valence electrons. The number of β-amino-alcohol motifs (C(OH)–C–C–N with tert-alkyl or cyclic N) is 1. The molecular weight excluding hydrogens is 430 g/mol. The molecule has 5 rings (SSSR count). The second kappa shape index (κ2) is 7.19. The predicted octanol–water partition coefficient (Wildman–Crippen LogP) is 3.83. The summed E-state index contributed by atoms with van der Waals surface area (Å²) in [5.74, 6) is -1.47. The Morgan fingerprint density at radius 1 is 1.19 bits per heavy atom. The Bertz CT molecular complexity index is 1220. The summed E-state index contributed by atoms with van der Waals surface area (Å²) < 4.78 is 59.7. The molecule has 2 atom stereocenters. The van der Waals surface area contributed by atoms with Gasteiger partial charge in [-0.05, 0) is 42.2 Å². The van der Waals surface area contributed by atoms with E-state index >= 15 is 0 Å². The topological polar surface area (TPSA) is 67.6 Å². The molecule has 1 aliphatic heterocycles. The number of aliphatic hydroxyl groups excluding tert-OH is 1. The lowest BCUT2D eigenvalue weighted by Gasteiger charge is -2.36. The van der Waals surface area contributed by atoms with Crippen LogP contribution in [0.4, 0.5) is 17.6 Å². The van der Waals surface area contributed by atoms with Crippen LogP contribution in [0.25, 0.3) is 10.9 Å². The van der Waals surface area contributed by atoms with E-state index in [0.29, 0.717) is 42.9 Å². The minimum Gasteiger partial charge on any atom is -0.457 e. The average Bonchev–Trinajstić information content (AvgIpc) is 3.38. The van der Waals surface area contributed by atoms with Crippen LogP contribution in [0.1, 0.15) is 23.5 Å². The van der Waals surface area contributed by atoms with E-state index in [1.165, 1.54) is 0 Å². The average molecular weight is 449 g/mol. The smallest absolute Gasteiger partial charge is 0.419 e. The molecule has 2 aromatic carbocycles. The van der Waals surface area contributed by atoms with Crippen molar-refractivity contribution in [3.8, 4) is 11.5 Å². The van der Waals surface area contributed by atoms with Crippen molar-refractivity contribution in [3.05, 3.63) is 53.5 Å². The fourth-order valence-corrected chi connectivity index (χ4v) is 4.20. The van der Waals surface area contributed by atoms with Gasteiger partial charge in [0.25, 0.3) is 0 Å². The quantitative estimate of drug-likeness (QED) is 0.615. The molecule has 0 unspecified atom stereocenters. The summed E-state index contributed by atoms with van der Waals surface area (Å²) in [5, 5.41) is 14.7. The van der Waals surface area contributed by atoms with Gasteiger partial charge in [0.2, 0.25) is 5.91 Å². The first-order chi connectivity index (χ1) is 15.1. The number of benzene rings is 2. The molecule has 1 aromatic heterocycles. The van der Waals surface area contributed by atoms with E-state index in [9.17, 15) is 27.5 Å². The van der Waals surface area contributed by atoms with Crippen molar-refractivity contribution in [2.75, 3.05) is 13.1 Å². The molecule has 6 nitrogen and oxygen atoms in total. The Hall–Kier alpha value is -3.14. The van der Waals surface area contributed by atoms with Crippen molar-refractivity contribution < 1.29 is 32.2 Å². The fourth-order valence-electron chi connectivity index (χ4n) is 4.20. The predicted molar refractivity (Wildman–Crippen MR) is 106 cm³/mol. The minimum atomic E-state index is -4.79. The summed E-state index contributed by atoms with van der Waals surface area (Å²) >= 11 is 0. The maximum Gasteiger partial charge on any atom is 0.419 e. The highest BCUT2D eigenvalue weighted by Gasteiger charge is 2.48.